The Hall–Kier alpha value is -2.44. The van der Waals surface area contributed by atoms with Crippen molar-refractivity contribution < 1.29 is 14.3 Å². The number of methoxy groups -OCH3 is 1. The first-order valence-corrected chi connectivity index (χ1v) is 8.05. The van der Waals surface area contributed by atoms with Crippen molar-refractivity contribution in [3.8, 4) is 5.75 Å². The first-order valence-electron chi connectivity index (χ1n) is 7.30. The number of benzene rings is 2. The van der Waals surface area contributed by atoms with Crippen molar-refractivity contribution in [2.24, 2.45) is 0 Å². The summed E-state index contributed by atoms with van der Waals surface area (Å²) in [6.45, 7) is -0.129. The highest BCUT2D eigenvalue weighted by Gasteiger charge is 2.14. The van der Waals surface area contributed by atoms with Crippen molar-refractivity contribution in [1.29, 1.82) is 0 Å². The van der Waals surface area contributed by atoms with Gasteiger partial charge in [0.1, 0.15) is 12.3 Å². The van der Waals surface area contributed by atoms with Crippen LogP contribution in [0.3, 0.4) is 0 Å². The summed E-state index contributed by atoms with van der Waals surface area (Å²) in [6, 6.07) is 11.3. The van der Waals surface area contributed by atoms with E-state index < -0.39 is 6.03 Å². The number of hydrogen-bond acceptors (Lipinski definition) is 3. The van der Waals surface area contributed by atoms with Crippen LogP contribution in [0, 0.1) is 0 Å². The number of urea groups is 1. The first kappa shape index (κ1) is 18.9. The molecule has 0 heterocycles. The van der Waals surface area contributed by atoms with Gasteiger partial charge in [-0.3, -0.25) is 4.79 Å². The Morgan fingerprint density at radius 2 is 1.76 bits per heavy atom. The van der Waals surface area contributed by atoms with E-state index in [4.69, 9.17) is 27.9 Å². The Morgan fingerprint density at radius 1 is 1.04 bits per heavy atom. The van der Waals surface area contributed by atoms with Crippen LogP contribution < -0.4 is 15.4 Å². The average molecular weight is 382 g/mol. The third-order valence-electron chi connectivity index (χ3n) is 3.25. The van der Waals surface area contributed by atoms with Crippen molar-refractivity contribution in [3.63, 3.8) is 0 Å². The highest BCUT2D eigenvalue weighted by Crippen LogP contribution is 2.25. The molecular weight excluding hydrogens is 365 g/mol. The predicted octanol–water partition coefficient (Wildman–Crippen LogP) is 4.10. The van der Waals surface area contributed by atoms with Crippen LogP contribution in [0.4, 0.5) is 16.2 Å². The molecule has 0 fully saturated rings. The van der Waals surface area contributed by atoms with Gasteiger partial charge in [0.15, 0.2) is 0 Å². The molecule has 2 aromatic rings. The second kappa shape index (κ2) is 8.60. The Labute approximate surface area is 155 Å². The number of likely N-dealkylation sites (N-methyl/N-ethyl adjacent to an activating group) is 1. The van der Waals surface area contributed by atoms with Gasteiger partial charge in [-0.05, 0) is 30.3 Å². The second-order valence-corrected chi connectivity index (χ2v) is 6.01. The minimum Gasteiger partial charge on any atom is -0.497 e. The van der Waals surface area contributed by atoms with Crippen molar-refractivity contribution >= 4 is 46.5 Å². The zero-order chi connectivity index (χ0) is 18.4. The van der Waals surface area contributed by atoms with Crippen LogP contribution in [0.5, 0.6) is 5.75 Å². The summed E-state index contributed by atoms with van der Waals surface area (Å²) in [4.78, 5) is 25.5. The van der Waals surface area contributed by atoms with Crippen LogP contribution in [0.25, 0.3) is 0 Å². The van der Waals surface area contributed by atoms with Gasteiger partial charge >= 0.3 is 6.03 Å². The third kappa shape index (κ3) is 5.55. The van der Waals surface area contributed by atoms with Crippen molar-refractivity contribution in [1.82, 2.24) is 4.90 Å². The summed E-state index contributed by atoms with van der Waals surface area (Å²) in [5, 5.41) is 6.08. The van der Waals surface area contributed by atoms with E-state index in [1.54, 1.807) is 43.5 Å². The maximum atomic E-state index is 12.2. The number of anilines is 2. The molecule has 0 unspecified atom stereocenters. The molecule has 3 amide bonds. The van der Waals surface area contributed by atoms with Crippen LogP contribution in [-0.4, -0.2) is 37.5 Å². The molecule has 2 N–H and O–H groups in total. The number of hydrogen-bond donors (Lipinski definition) is 2. The number of ether oxygens (including phenoxy) is 1. The molecule has 6 nitrogen and oxygen atoms in total. The molecule has 0 saturated heterocycles. The Bertz CT molecular complexity index is 783. The molecule has 0 bridgehead atoms. The number of carbonyl (C=O) groups is 2. The summed E-state index contributed by atoms with van der Waals surface area (Å²) >= 11 is 11.7. The molecular formula is C17H17Cl2N3O3. The lowest BCUT2D eigenvalue weighted by molar-refractivity contribution is -0.116. The quantitative estimate of drug-likeness (QED) is 0.818. The van der Waals surface area contributed by atoms with E-state index >= 15 is 0 Å². The smallest absolute Gasteiger partial charge is 0.322 e. The highest BCUT2D eigenvalue weighted by molar-refractivity contribution is 6.42. The molecule has 0 aliphatic carbocycles. The summed E-state index contributed by atoms with van der Waals surface area (Å²) in [7, 11) is 3.06. The number of rotatable bonds is 5. The Kier molecular flexibility index (Phi) is 6.50. The van der Waals surface area contributed by atoms with E-state index in [2.05, 4.69) is 10.6 Å². The fourth-order valence-electron chi connectivity index (χ4n) is 1.98. The lowest BCUT2D eigenvalue weighted by atomic mass is 10.3. The van der Waals surface area contributed by atoms with Gasteiger partial charge in [0.25, 0.3) is 0 Å². The molecule has 0 aliphatic rings. The minimum absolute atomic E-state index is 0.129. The van der Waals surface area contributed by atoms with E-state index in [1.807, 2.05) is 0 Å². The summed E-state index contributed by atoms with van der Waals surface area (Å²) in [6.07, 6.45) is 0. The monoisotopic (exact) mass is 381 g/mol. The second-order valence-electron chi connectivity index (χ2n) is 5.20. The van der Waals surface area contributed by atoms with E-state index in [0.717, 1.165) is 0 Å². The van der Waals surface area contributed by atoms with Gasteiger partial charge < -0.3 is 20.3 Å². The summed E-state index contributed by atoms with van der Waals surface area (Å²) in [5.41, 5.74) is 1.07. The highest BCUT2D eigenvalue weighted by atomic mass is 35.5. The third-order valence-corrected chi connectivity index (χ3v) is 3.99. The van der Waals surface area contributed by atoms with E-state index in [1.165, 1.54) is 18.0 Å². The summed E-state index contributed by atoms with van der Waals surface area (Å²) in [5.74, 6) is 0.263. The van der Waals surface area contributed by atoms with Gasteiger partial charge in [0, 0.05) is 24.5 Å². The molecule has 0 radical (unpaired) electrons. The standard InChI is InChI=1S/C17H17Cl2N3O3/c1-22(17(24)21-11-4-3-5-13(8-11)25-2)10-16(23)20-12-6-7-14(18)15(19)9-12/h3-9H,10H2,1-2H3,(H,20,23)(H,21,24). The molecule has 0 aliphatic heterocycles. The molecule has 8 heteroatoms. The van der Waals surface area contributed by atoms with Crippen molar-refractivity contribution in [2.45, 2.75) is 0 Å². The lowest BCUT2D eigenvalue weighted by Crippen LogP contribution is -2.37. The zero-order valence-electron chi connectivity index (χ0n) is 13.7. The van der Waals surface area contributed by atoms with Crippen LogP contribution in [0.1, 0.15) is 0 Å². The van der Waals surface area contributed by atoms with Gasteiger partial charge in [0.2, 0.25) is 5.91 Å². The van der Waals surface area contributed by atoms with E-state index in [0.29, 0.717) is 27.2 Å². The topological polar surface area (TPSA) is 70.7 Å². The largest absolute Gasteiger partial charge is 0.497 e. The van der Waals surface area contributed by atoms with Gasteiger partial charge in [-0.1, -0.05) is 29.3 Å². The molecule has 25 heavy (non-hydrogen) atoms. The van der Waals surface area contributed by atoms with Gasteiger partial charge in [-0.15, -0.1) is 0 Å². The van der Waals surface area contributed by atoms with Gasteiger partial charge in [-0.25, -0.2) is 4.79 Å². The minimum atomic E-state index is -0.419. The normalized spacial score (nSPS) is 10.1. The number of nitrogens with one attached hydrogen (secondary N) is 2. The molecule has 0 atom stereocenters. The predicted molar refractivity (Wildman–Crippen MR) is 99.7 cm³/mol. The summed E-state index contributed by atoms with van der Waals surface area (Å²) < 4.78 is 5.10. The number of amides is 3. The molecule has 0 spiro atoms. The molecule has 2 aromatic carbocycles. The molecule has 0 aromatic heterocycles. The lowest BCUT2D eigenvalue weighted by Gasteiger charge is -2.18. The maximum Gasteiger partial charge on any atom is 0.322 e. The average Bonchev–Trinajstić information content (AvgIpc) is 2.58. The fraction of sp³-hybridized carbons (Fsp3) is 0.176. The van der Waals surface area contributed by atoms with Crippen LogP contribution in [0.2, 0.25) is 10.0 Å². The SMILES string of the molecule is COc1cccc(NC(=O)N(C)CC(=O)Nc2ccc(Cl)c(Cl)c2)c1. The van der Waals surface area contributed by atoms with Gasteiger partial charge in [0.05, 0.1) is 17.2 Å². The van der Waals surface area contributed by atoms with Crippen molar-refractivity contribution in [2.75, 3.05) is 31.3 Å². The van der Waals surface area contributed by atoms with Crippen LogP contribution in [0.15, 0.2) is 42.5 Å². The van der Waals surface area contributed by atoms with Crippen LogP contribution in [-0.2, 0) is 4.79 Å². The van der Waals surface area contributed by atoms with Gasteiger partial charge in [-0.2, -0.15) is 0 Å². The Morgan fingerprint density at radius 3 is 2.44 bits per heavy atom. The van der Waals surface area contributed by atoms with Crippen LogP contribution >= 0.6 is 23.2 Å². The van der Waals surface area contributed by atoms with E-state index in [-0.39, 0.29) is 12.5 Å². The molecule has 2 rings (SSSR count). The molecule has 132 valence electrons. The molecule has 0 saturated carbocycles. The van der Waals surface area contributed by atoms with E-state index in [9.17, 15) is 9.59 Å². The number of nitrogens with zero attached hydrogens (tertiary/aromatic N) is 1. The number of halogens is 2. The maximum absolute atomic E-state index is 12.2. The zero-order valence-corrected chi connectivity index (χ0v) is 15.2. The fourth-order valence-corrected chi connectivity index (χ4v) is 2.28. The number of carbonyl (C=O) groups excluding carboxylic acids is 2. The van der Waals surface area contributed by atoms with Crippen molar-refractivity contribution in [3.05, 3.63) is 52.5 Å². The Balaban J connectivity index is 1.91. The first-order chi connectivity index (χ1) is 11.9.